The lowest BCUT2D eigenvalue weighted by Gasteiger charge is -2.39. The van der Waals surface area contributed by atoms with E-state index >= 15 is 0 Å². The fraction of sp³-hybridized carbons (Fsp3) is 0.857. The predicted octanol–water partition coefficient (Wildman–Crippen LogP) is -1.83. The standard InChI is InChI=1S/C7H15NO5/c1-8(2,3)7(12,13)5(9)4-6(10)11/h5,9,12-13H,4H2,1-3H3/p+1. The topological polar surface area (TPSA) is 98.0 Å². The van der Waals surface area contributed by atoms with Crippen molar-refractivity contribution >= 4 is 5.97 Å². The van der Waals surface area contributed by atoms with Crippen LogP contribution in [-0.2, 0) is 4.79 Å². The average Bonchev–Trinajstić information content (AvgIpc) is 1.82. The smallest absolute Gasteiger partial charge is 0.341 e. The first-order valence-corrected chi connectivity index (χ1v) is 3.75. The lowest BCUT2D eigenvalue weighted by molar-refractivity contribution is -0.984. The van der Waals surface area contributed by atoms with Gasteiger partial charge in [-0.3, -0.25) is 9.28 Å². The van der Waals surface area contributed by atoms with Crippen LogP contribution in [0, 0.1) is 0 Å². The fourth-order valence-electron chi connectivity index (χ4n) is 0.749. The summed E-state index contributed by atoms with van der Waals surface area (Å²) in [5, 5.41) is 36.3. The van der Waals surface area contributed by atoms with Crippen LogP contribution in [0.3, 0.4) is 0 Å². The van der Waals surface area contributed by atoms with Crippen LogP contribution in [0.4, 0.5) is 0 Å². The number of aliphatic carboxylic acids is 1. The highest BCUT2D eigenvalue weighted by Gasteiger charge is 2.47. The number of carboxylic acid groups (broad SMARTS) is 1. The Morgan fingerprint density at radius 1 is 1.38 bits per heavy atom. The number of likely N-dealkylation sites (N-methyl/N-ethyl adjacent to an activating group) is 1. The van der Waals surface area contributed by atoms with Crippen LogP contribution in [0.1, 0.15) is 6.42 Å². The Balaban J connectivity index is 4.54. The number of aliphatic hydroxyl groups excluding tert-OH is 1. The summed E-state index contributed by atoms with van der Waals surface area (Å²) >= 11 is 0. The number of nitrogens with zero attached hydrogens (tertiary/aromatic N) is 1. The highest BCUT2D eigenvalue weighted by atomic mass is 16.6. The molecule has 4 N–H and O–H groups in total. The van der Waals surface area contributed by atoms with E-state index in [-0.39, 0.29) is 4.48 Å². The molecule has 0 radical (unpaired) electrons. The molecule has 6 heteroatoms. The van der Waals surface area contributed by atoms with Crippen molar-refractivity contribution in [2.75, 3.05) is 21.1 Å². The van der Waals surface area contributed by atoms with Crippen molar-refractivity contribution in [3.05, 3.63) is 0 Å². The Hall–Kier alpha value is -0.690. The van der Waals surface area contributed by atoms with Crippen molar-refractivity contribution in [1.29, 1.82) is 0 Å². The van der Waals surface area contributed by atoms with Crippen LogP contribution in [0.5, 0.6) is 0 Å². The highest BCUT2D eigenvalue weighted by Crippen LogP contribution is 2.18. The maximum absolute atomic E-state index is 10.2. The third kappa shape index (κ3) is 2.92. The van der Waals surface area contributed by atoms with Gasteiger partial charge in [-0.15, -0.1) is 0 Å². The summed E-state index contributed by atoms with van der Waals surface area (Å²) in [6.45, 7) is 0. The van der Waals surface area contributed by atoms with Crippen molar-refractivity contribution in [3.8, 4) is 0 Å². The molecule has 0 aliphatic carbocycles. The van der Waals surface area contributed by atoms with Crippen LogP contribution < -0.4 is 0 Å². The van der Waals surface area contributed by atoms with Crippen molar-refractivity contribution < 1.29 is 29.7 Å². The number of carbonyl (C=O) groups is 1. The minimum atomic E-state index is -2.46. The van der Waals surface area contributed by atoms with E-state index < -0.39 is 24.4 Å². The predicted molar refractivity (Wildman–Crippen MR) is 43.5 cm³/mol. The molecule has 6 nitrogen and oxygen atoms in total. The lowest BCUT2D eigenvalue weighted by atomic mass is 10.1. The van der Waals surface area contributed by atoms with E-state index in [2.05, 4.69) is 0 Å². The Labute approximate surface area is 76.2 Å². The summed E-state index contributed by atoms with van der Waals surface area (Å²) in [5.41, 5.74) is 0. The maximum atomic E-state index is 10.2. The van der Waals surface area contributed by atoms with Crippen LogP contribution in [0.25, 0.3) is 0 Å². The van der Waals surface area contributed by atoms with Gasteiger partial charge in [0, 0.05) is 0 Å². The molecule has 0 fully saturated rings. The molecule has 0 rings (SSSR count). The van der Waals surface area contributed by atoms with Gasteiger partial charge in [0.1, 0.15) is 0 Å². The number of hydrogen-bond acceptors (Lipinski definition) is 4. The van der Waals surface area contributed by atoms with Crippen LogP contribution in [0.15, 0.2) is 0 Å². The van der Waals surface area contributed by atoms with Crippen LogP contribution >= 0.6 is 0 Å². The van der Waals surface area contributed by atoms with Gasteiger partial charge < -0.3 is 20.4 Å². The summed E-state index contributed by atoms with van der Waals surface area (Å²) in [7, 11) is 4.31. The first kappa shape index (κ1) is 12.3. The molecular weight excluding hydrogens is 178 g/mol. The number of rotatable bonds is 4. The van der Waals surface area contributed by atoms with Gasteiger partial charge in [0.05, 0.1) is 27.6 Å². The molecule has 0 heterocycles. The van der Waals surface area contributed by atoms with Crippen LogP contribution in [-0.4, -0.2) is 64.0 Å². The molecule has 0 aromatic heterocycles. The van der Waals surface area contributed by atoms with E-state index in [1.54, 1.807) is 0 Å². The van der Waals surface area contributed by atoms with Gasteiger partial charge >= 0.3 is 11.9 Å². The Kier molecular flexibility index (Phi) is 3.40. The third-order valence-electron chi connectivity index (χ3n) is 1.80. The molecular formula is C7H16NO5+. The summed E-state index contributed by atoms with van der Waals surface area (Å²) in [4.78, 5) is 10.2. The minimum Gasteiger partial charge on any atom is -0.481 e. The molecule has 13 heavy (non-hydrogen) atoms. The second-order valence-electron chi connectivity index (χ2n) is 3.81. The molecule has 0 aromatic rings. The number of hydrogen-bond donors (Lipinski definition) is 4. The zero-order valence-electron chi connectivity index (χ0n) is 7.93. The normalized spacial score (nSPS) is 15.5. The number of carboxylic acids is 1. The van der Waals surface area contributed by atoms with E-state index in [1.165, 1.54) is 21.1 Å². The zero-order valence-corrected chi connectivity index (χ0v) is 7.93. The first-order chi connectivity index (χ1) is 5.59. The third-order valence-corrected chi connectivity index (χ3v) is 1.80. The van der Waals surface area contributed by atoms with Crippen molar-refractivity contribution in [3.63, 3.8) is 0 Å². The summed E-state index contributed by atoms with van der Waals surface area (Å²) in [5.74, 6) is -3.74. The average molecular weight is 194 g/mol. The molecule has 0 aliphatic rings. The largest absolute Gasteiger partial charge is 0.481 e. The molecule has 0 aromatic carbocycles. The maximum Gasteiger partial charge on any atom is 0.341 e. The first-order valence-electron chi connectivity index (χ1n) is 3.75. The SMILES string of the molecule is C[N+](C)(C)C(O)(O)C(O)CC(=O)O. The molecule has 0 saturated heterocycles. The Morgan fingerprint density at radius 3 is 2.00 bits per heavy atom. The van der Waals surface area contributed by atoms with Gasteiger partial charge in [0.2, 0.25) is 0 Å². The molecule has 0 saturated carbocycles. The monoisotopic (exact) mass is 194 g/mol. The molecule has 0 bridgehead atoms. The molecule has 1 unspecified atom stereocenters. The lowest BCUT2D eigenvalue weighted by Crippen LogP contribution is -2.64. The van der Waals surface area contributed by atoms with Crippen molar-refractivity contribution in [2.24, 2.45) is 0 Å². The Bertz CT molecular complexity index is 196. The minimum absolute atomic E-state index is 0.360. The Morgan fingerprint density at radius 2 is 1.77 bits per heavy atom. The summed E-state index contributed by atoms with van der Waals surface area (Å²) in [6.07, 6.45) is -2.42. The number of quaternary nitrogens is 1. The van der Waals surface area contributed by atoms with Crippen molar-refractivity contribution in [1.82, 2.24) is 0 Å². The van der Waals surface area contributed by atoms with Gasteiger partial charge in [0.15, 0.2) is 6.10 Å². The van der Waals surface area contributed by atoms with E-state index in [1.807, 2.05) is 0 Å². The van der Waals surface area contributed by atoms with E-state index in [0.29, 0.717) is 0 Å². The fourth-order valence-corrected chi connectivity index (χ4v) is 0.749. The molecule has 0 aliphatic heterocycles. The number of aliphatic hydroxyl groups is 3. The van der Waals surface area contributed by atoms with E-state index in [4.69, 9.17) is 5.11 Å². The molecule has 0 spiro atoms. The molecule has 0 amide bonds. The zero-order chi connectivity index (χ0) is 10.9. The van der Waals surface area contributed by atoms with Crippen molar-refractivity contribution in [2.45, 2.75) is 18.4 Å². The van der Waals surface area contributed by atoms with Gasteiger partial charge in [-0.25, -0.2) is 0 Å². The van der Waals surface area contributed by atoms with Gasteiger partial charge in [-0.05, 0) is 0 Å². The van der Waals surface area contributed by atoms with E-state index in [0.717, 1.165) is 0 Å². The van der Waals surface area contributed by atoms with Gasteiger partial charge in [-0.1, -0.05) is 0 Å². The van der Waals surface area contributed by atoms with Crippen LogP contribution in [0.2, 0.25) is 0 Å². The molecule has 1 atom stereocenters. The van der Waals surface area contributed by atoms with Gasteiger partial charge in [0.25, 0.3) is 0 Å². The second-order valence-corrected chi connectivity index (χ2v) is 3.81. The van der Waals surface area contributed by atoms with E-state index in [9.17, 15) is 20.1 Å². The highest BCUT2D eigenvalue weighted by molar-refractivity contribution is 5.67. The molecule has 78 valence electrons. The summed E-state index contributed by atoms with van der Waals surface area (Å²) in [6, 6.07) is 0. The van der Waals surface area contributed by atoms with Gasteiger partial charge in [-0.2, -0.15) is 0 Å². The second kappa shape index (κ2) is 3.59. The quantitative estimate of drug-likeness (QED) is 0.311. The summed E-state index contributed by atoms with van der Waals surface area (Å²) < 4.78 is -0.360.